The van der Waals surface area contributed by atoms with E-state index in [2.05, 4.69) is 0 Å². The Labute approximate surface area is 102 Å². The molecule has 1 aliphatic rings. The van der Waals surface area contributed by atoms with Gasteiger partial charge in [-0.2, -0.15) is 0 Å². The highest BCUT2D eigenvalue weighted by Crippen LogP contribution is 2.39. The fraction of sp³-hybridized carbons (Fsp3) is 0.333. The van der Waals surface area contributed by atoms with Crippen molar-refractivity contribution in [2.45, 2.75) is 19.5 Å². The molecule has 0 saturated heterocycles. The van der Waals surface area contributed by atoms with E-state index in [1.807, 2.05) is 0 Å². The molecule has 5 nitrogen and oxygen atoms in total. The van der Waals surface area contributed by atoms with Crippen molar-refractivity contribution in [2.24, 2.45) is 0 Å². The average Bonchev–Trinajstić information content (AvgIpc) is 2.71. The van der Waals surface area contributed by atoms with Crippen LogP contribution < -0.4 is 9.47 Å². The smallest absolute Gasteiger partial charge is 0.377 e. The molecule has 0 fully saturated rings. The molecule has 0 bridgehead atoms. The van der Waals surface area contributed by atoms with Gasteiger partial charge in [-0.05, 0) is 26.0 Å². The van der Waals surface area contributed by atoms with E-state index in [0.29, 0.717) is 5.75 Å². The lowest BCUT2D eigenvalue weighted by Crippen LogP contribution is -2.20. The van der Waals surface area contributed by atoms with Crippen LogP contribution in [0.3, 0.4) is 0 Å². The summed E-state index contributed by atoms with van der Waals surface area (Å²) >= 11 is 0. The predicted molar refractivity (Wildman–Crippen MR) is 58.7 cm³/mol. The van der Waals surface area contributed by atoms with Gasteiger partial charge in [0.2, 0.25) is 6.79 Å². The van der Waals surface area contributed by atoms with Crippen LogP contribution in [0, 0.1) is 0 Å². The summed E-state index contributed by atoms with van der Waals surface area (Å²) in [5.74, 6) is -2.27. The molecule has 1 N–H and O–H groups in total. The summed E-state index contributed by atoms with van der Waals surface area (Å²) in [4.78, 5) is 22.3. The summed E-state index contributed by atoms with van der Waals surface area (Å²) in [6, 6.07) is 2.51. The Morgan fingerprint density at radius 1 is 1.28 bits per heavy atom. The molecule has 0 radical (unpaired) electrons. The number of Topliss-reactive ketones (excluding diaryl/α,β-unsaturated/α-hetero) is 1. The number of benzene rings is 1. The van der Waals surface area contributed by atoms with Crippen LogP contribution in [-0.4, -0.2) is 23.7 Å². The molecule has 0 unspecified atom stereocenters. The fourth-order valence-electron chi connectivity index (χ4n) is 1.74. The van der Waals surface area contributed by atoms with Crippen molar-refractivity contribution in [3.8, 4) is 11.5 Å². The van der Waals surface area contributed by atoms with E-state index in [1.54, 1.807) is 0 Å². The Hall–Kier alpha value is -2.11. The number of aliphatic carboxylic acids is 1. The Morgan fingerprint density at radius 3 is 2.33 bits per heavy atom. The molecule has 1 heterocycles. The zero-order valence-electron chi connectivity index (χ0n) is 9.82. The Kier molecular flexibility index (Phi) is 2.73. The third-order valence-electron chi connectivity index (χ3n) is 2.59. The lowest BCUT2D eigenvalue weighted by atomic mass is 9.92. The molecule has 0 amide bonds. The molecule has 1 aliphatic heterocycles. The standard InChI is InChI=1S/C12H11FO5/c1-12(2,13)7-4-9-8(17-5-18-9)3-6(7)10(14)11(15)16/h3-4H,5H2,1-2H3,(H,15,16). The number of hydrogen-bond acceptors (Lipinski definition) is 4. The maximum Gasteiger partial charge on any atom is 0.377 e. The molecule has 6 heteroatoms. The van der Waals surface area contributed by atoms with Gasteiger partial charge in [-0.3, -0.25) is 4.79 Å². The first-order chi connectivity index (χ1) is 8.30. The van der Waals surface area contributed by atoms with Crippen molar-refractivity contribution in [1.82, 2.24) is 0 Å². The minimum Gasteiger partial charge on any atom is -0.475 e. The molecule has 1 aromatic carbocycles. The van der Waals surface area contributed by atoms with Crippen molar-refractivity contribution >= 4 is 11.8 Å². The van der Waals surface area contributed by atoms with E-state index in [-0.39, 0.29) is 23.7 Å². The normalized spacial score (nSPS) is 13.5. The Bertz CT molecular complexity index is 530. The third-order valence-corrected chi connectivity index (χ3v) is 2.59. The molecule has 18 heavy (non-hydrogen) atoms. The fourth-order valence-corrected chi connectivity index (χ4v) is 1.74. The van der Waals surface area contributed by atoms with Crippen LogP contribution in [-0.2, 0) is 10.5 Å². The van der Waals surface area contributed by atoms with E-state index in [1.165, 1.54) is 26.0 Å². The van der Waals surface area contributed by atoms with Crippen molar-refractivity contribution in [1.29, 1.82) is 0 Å². The minimum atomic E-state index is -1.86. The molecule has 1 aromatic rings. The topological polar surface area (TPSA) is 72.8 Å². The van der Waals surface area contributed by atoms with Crippen molar-refractivity contribution in [3.63, 3.8) is 0 Å². The first kappa shape index (κ1) is 12.3. The van der Waals surface area contributed by atoms with Gasteiger partial charge in [-0.1, -0.05) is 0 Å². The highest BCUT2D eigenvalue weighted by molar-refractivity contribution is 6.40. The summed E-state index contributed by atoms with van der Waals surface area (Å²) in [7, 11) is 0. The van der Waals surface area contributed by atoms with Gasteiger partial charge in [0.05, 0.1) is 0 Å². The largest absolute Gasteiger partial charge is 0.475 e. The van der Waals surface area contributed by atoms with Gasteiger partial charge in [-0.15, -0.1) is 0 Å². The Balaban J connectivity index is 2.63. The molecular weight excluding hydrogens is 243 g/mol. The lowest BCUT2D eigenvalue weighted by Gasteiger charge is -2.18. The number of ether oxygens (including phenoxy) is 2. The van der Waals surface area contributed by atoms with E-state index in [9.17, 15) is 14.0 Å². The second-order valence-electron chi connectivity index (χ2n) is 4.36. The van der Waals surface area contributed by atoms with Gasteiger partial charge in [-0.25, -0.2) is 9.18 Å². The number of hydrogen-bond donors (Lipinski definition) is 1. The molecule has 0 saturated carbocycles. The minimum absolute atomic E-state index is 0.0286. The first-order valence-corrected chi connectivity index (χ1v) is 5.21. The van der Waals surface area contributed by atoms with Gasteiger partial charge in [0.1, 0.15) is 5.67 Å². The number of ketones is 1. The average molecular weight is 254 g/mol. The van der Waals surface area contributed by atoms with E-state index >= 15 is 0 Å². The SMILES string of the molecule is CC(C)(F)c1cc2c(cc1C(=O)C(=O)O)OCO2. The number of alkyl halides is 1. The summed E-state index contributed by atoms with van der Waals surface area (Å²) in [6.45, 7) is 2.44. The van der Waals surface area contributed by atoms with Crippen LogP contribution in [0.4, 0.5) is 4.39 Å². The number of carboxylic acids is 1. The van der Waals surface area contributed by atoms with Gasteiger partial charge in [0.25, 0.3) is 5.78 Å². The molecule has 96 valence electrons. The van der Waals surface area contributed by atoms with E-state index < -0.39 is 17.4 Å². The molecule has 0 atom stereocenters. The van der Waals surface area contributed by atoms with E-state index in [0.717, 1.165) is 0 Å². The predicted octanol–water partition coefficient (Wildman–Crippen LogP) is 1.89. The highest BCUT2D eigenvalue weighted by Gasteiger charge is 2.31. The van der Waals surface area contributed by atoms with E-state index in [4.69, 9.17) is 14.6 Å². The summed E-state index contributed by atoms with van der Waals surface area (Å²) in [6.07, 6.45) is 0. The molecule has 2 rings (SSSR count). The quantitative estimate of drug-likeness (QED) is 0.658. The van der Waals surface area contributed by atoms with Crippen LogP contribution in [0.1, 0.15) is 29.8 Å². The molecule has 0 aromatic heterocycles. The Morgan fingerprint density at radius 2 is 1.83 bits per heavy atom. The van der Waals surface area contributed by atoms with Gasteiger partial charge in [0.15, 0.2) is 11.5 Å². The van der Waals surface area contributed by atoms with Crippen LogP contribution in [0.2, 0.25) is 0 Å². The summed E-state index contributed by atoms with van der Waals surface area (Å²) in [5, 5.41) is 8.73. The maximum absolute atomic E-state index is 14.0. The highest BCUT2D eigenvalue weighted by atomic mass is 19.1. The molecule has 0 aliphatic carbocycles. The number of carbonyl (C=O) groups excluding carboxylic acids is 1. The second kappa shape index (κ2) is 3.97. The zero-order valence-corrected chi connectivity index (χ0v) is 9.82. The maximum atomic E-state index is 14.0. The summed E-state index contributed by atoms with van der Waals surface area (Å²) < 4.78 is 24.2. The zero-order chi connectivity index (χ0) is 13.5. The van der Waals surface area contributed by atoms with Crippen molar-refractivity contribution in [2.75, 3.05) is 6.79 Å². The second-order valence-corrected chi connectivity index (χ2v) is 4.36. The van der Waals surface area contributed by atoms with Gasteiger partial charge >= 0.3 is 5.97 Å². The van der Waals surface area contributed by atoms with Crippen LogP contribution in [0.15, 0.2) is 12.1 Å². The lowest BCUT2D eigenvalue weighted by molar-refractivity contribution is -0.131. The number of carbonyl (C=O) groups is 2. The number of halogens is 1. The number of rotatable bonds is 3. The number of carboxylic acid groups (broad SMARTS) is 1. The van der Waals surface area contributed by atoms with Gasteiger partial charge in [0, 0.05) is 11.1 Å². The van der Waals surface area contributed by atoms with Crippen LogP contribution in [0.5, 0.6) is 11.5 Å². The molecular formula is C12H11FO5. The van der Waals surface area contributed by atoms with Crippen molar-refractivity contribution in [3.05, 3.63) is 23.3 Å². The summed E-state index contributed by atoms with van der Waals surface area (Å²) in [5.41, 5.74) is -2.11. The number of fused-ring (bicyclic) bond motifs is 1. The molecule has 0 spiro atoms. The third kappa shape index (κ3) is 2.01. The van der Waals surface area contributed by atoms with Crippen LogP contribution >= 0.6 is 0 Å². The van der Waals surface area contributed by atoms with Crippen LogP contribution in [0.25, 0.3) is 0 Å². The first-order valence-electron chi connectivity index (χ1n) is 5.21. The van der Waals surface area contributed by atoms with Gasteiger partial charge < -0.3 is 14.6 Å². The van der Waals surface area contributed by atoms with Crippen molar-refractivity contribution < 1.29 is 28.6 Å². The monoisotopic (exact) mass is 254 g/mol.